The third kappa shape index (κ3) is 5.61. The number of hydrogen-bond acceptors (Lipinski definition) is 7. The SMILES string of the molecule is CCCCOc1ccc2cc(S(=O)(=O)Nc3cc(C(=O)OC)ccc3C(=O)OC)ccc2c1. The van der Waals surface area contributed by atoms with Gasteiger partial charge in [0.1, 0.15) is 5.75 Å². The van der Waals surface area contributed by atoms with E-state index in [2.05, 4.69) is 16.4 Å². The molecular formula is C24H25NO7S. The average Bonchev–Trinajstić information content (AvgIpc) is 2.82. The van der Waals surface area contributed by atoms with Gasteiger partial charge in [0.05, 0.1) is 42.5 Å². The van der Waals surface area contributed by atoms with E-state index in [0.29, 0.717) is 17.7 Å². The molecule has 0 aliphatic heterocycles. The molecule has 0 radical (unpaired) electrons. The molecule has 0 saturated carbocycles. The lowest BCUT2D eigenvalue weighted by atomic mass is 10.1. The van der Waals surface area contributed by atoms with Gasteiger partial charge in [0.15, 0.2) is 0 Å². The molecule has 1 N–H and O–H groups in total. The lowest BCUT2D eigenvalue weighted by Gasteiger charge is -2.13. The highest BCUT2D eigenvalue weighted by Crippen LogP contribution is 2.27. The number of benzene rings is 3. The summed E-state index contributed by atoms with van der Waals surface area (Å²) >= 11 is 0. The van der Waals surface area contributed by atoms with Gasteiger partial charge >= 0.3 is 11.9 Å². The van der Waals surface area contributed by atoms with Gasteiger partial charge < -0.3 is 14.2 Å². The summed E-state index contributed by atoms with van der Waals surface area (Å²) in [5.41, 5.74) is -0.0510. The van der Waals surface area contributed by atoms with Crippen LogP contribution in [0.1, 0.15) is 40.5 Å². The first-order chi connectivity index (χ1) is 15.8. The smallest absolute Gasteiger partial charge is 0.339 e. The molecule has 0 heterocycles. The van der Waals surface area contributed by atoms with Gasteiger partial charge in [-0.2, -0.15) is 0 Å². The van der Waals surface area contributed by atoms with E-state index in [1.54, 1.807) is 18.2 Å². The number of nitrogens with one attached hydrogen (secondary N) is 1. The molecule has 174 valence electrons. The molecule has 3 aromatic carbocycles. The molecule has 33 heavy (non-hydrogen) atoms. The summed E-state index contributed by atoms with van der Waals surface area (Å²) in [6.07, 6.45) is 1.98. The van der Waals surface area contributed by atoms with Crippen LogP contribution in [-0.4, -0.2) is 41.2 Å². The highest BCUT2D eigenvalue weighted by atomic mass is 32.2. The van der Waals surface area contributed by atoms with Gasteiger partial charge in [-0.3, -0.25) is 4.72 Å². The van der Waals surface area contributed by atoms with Crippen LogP contribution in [0.5, 0.6) is 5.75 Å². The Morgan fingerprint density at radius 3 is 2.27 bits per heavy atom. The van der Waals surface area contributed by atoms with Gasteiger partial charge in [0, 0.05) is 0 Å². The zero-order valence-corrected chi connectivity index (χ0v) is 19.4. The van der Waals surface area contributed by atoms with Gasteiger partial charge in [-0.25, -0.2) is 18.0 Å². The second-order valence-corrected chi connectivity index (χ2v) is 8.90. The topological polar surface area (TPSA) is 108 Å². The van der Waals surface area contributed by atoms with Crippen molar-refractivity contribution in [1.29, 1.82) is 0 Å². The molecule has 0 aliphatic rings. The summed E-state index contributed by atoms with van der Waals surface area (Å²) in [6, 6.07) is 14.0. The summed E-state index contributed by atoms with van der Waals surface area (Å²) < 4.78 is 43.7. The minimum atomic E-state index is -4.09. The Bertz CT molecular complexity index is 1290. The average molecular weight is 472 g/mol. The molecular weight excluding hydrogens is 446 g/mol. The zero-order chi connectivity index (χ0) is 24.0. The molecule has 3 rings (SSSR count). The number of ether oxygens (including phenoxy) is 3. The molecule has 0 aromatic heterocycles. The first-order valence-corrected chi connectivity index (χ1v) is 11.8. The third-order valence-electron chi connectivity index (χ3n) is 4.95. The van der Waals surface area contributed by atoms with E-state index in [1.165, 1.54) is 44.6 Å². The summed E-state index contributed by atoms with van der Waals surface area (Å²) in [6.45, 7) is 2.70. The Morgan fingerprint density at radius 1 is 0.879 bits per heavy atom. The molecule has 0 unspecified atom stereocenters. The number of unbranched alkanes of at least 4 members (excludes halogenated alkanes) is 1. The van der Waals surface area contributed by atoms with Crippen LogP contribution in [0, 0.1) is 0 Å². The van der Waals surface area contributed by atoms with Crippen molar-refractivity contribution in [3.05, 3.63) is 65.7 Å². The summed E-state index contributed by atoms with van der Waals surface area (Å²) in [5, 5.41) is 1.53. The number of carbonyl (C=O) groups excluding carboxylic acids is 2. The van der Waals surface area contributed by atoms with Crippen molar-refractivity contribution in [3.63, 3.8) is 0 Å². The number of esters is 2. The minimum Gasteiger partial charge on any atom is -0.494 e. The van der Waals surface area contributed by atoms with Crippen molar-refractivity contribution >= 4 is 38.4 Å². The quantitative estimate of drug-likeness (QED) is 0.364. The Morgan fingerprint density at radius 2 is 1.58 bits per heavy atom. The van der Waals surface area contributed by atoms with E-state index in [0.717, 1.165) is 18.2 Å². The maximum atomic E-state index is 13.1. The van der Waals surface area contributed by atoms with Crippen LogP contribution in [0.25, 0.3) is 10.8 Å². The van der Waals surface area contributed by atoms with E-state index in [-0.39, 0.29) is 21.7 Å². The number of rotatable bonds is 9. The number of hydrogen-bond donors (Lipinski definition) is 1. The number of anilines is 1. The predicted molar refractivity (Wildman–Crippen MR) is 124 cm³/mol. The zero-order valence-electron chi connectivity index (χ0n) is 18.6. The first kappa shape index (κ1) is 24.1. The first-order valence-electron chi connectivity index (χ1n) is 10.3. The normalized spacial score (nSPS) is 11.1. The molecule has 3 aromatic rings. The van der Waals surface area contributed by atoms with Crippen LogP contribution >= 0.6 is 0 Å². The van der Waals surface area contributed by atoms with Crippen molar-refractivity contribution in [2.24, 2.45) is 0 Å². The number of fused-ring (bicyclic) bond motifs is 1. The highest BCUT2D eigenvalue weighted by Gasteiger charge is 2.21. The standard InChI is InChI=1S/C24H25NO7S/c1-4-5-12-32-19-9-6-17-14-20(10-7-16(17)13-19)33(28,29)25-22-15-18(23(26)30-2)8-11-21(22)24(27)31-3/h6-11,13-15,25H,4-5,12H2,1-3H3. The van der Waals surface area contributed by atoms with E-state index in [1.807, 2.05) is 6.07 Å². The fourth-order valence-corrected chi connectivity index (χ4v) is 4.26. The van der Waals surface area contributed by atoms with Crippen LogP contribution in [0.15, 0.2) is 59.5 Å². The summed E-state index contributed by atoms with van der Waals surface area (Å²) in [4.78, 5) is 24.0. The molecule has 0 atom stereocenters. The van der Waals surface area contributed by atoms with Crippen LogP contribution in [0.3, 0.4) is 0 Å². The number of methoxy groups -OCH3 is 2. The lowest BCUT2D eigenvalue weighted by molar-refractivity contribution is 0.0587. The van der Waals surface area contributed by atoms with Crippen molar-refractivity contribution in [2.75, 3.05) is 25.5 Å². The Hall–Kier alpha value is -3.59. The van der Waals surface area contributed by atoms with E-state index >= 15 is 0 Å². The van der Waals surface area contributed by atoms with Gasteiger partial charge in [0.2, 0.25) is 0 Å². The summed E-state index contributed by atoms with van der Waals surface area (Å²) in [5.74, 6) is -0.709. The molecule has 8 nitrogen and oxygen atoms in total. The lowest BCUT2D eigenvalue weighted by Crippen LogP contribution is -2.17. The van der Waals surface area contributed by atoms with Crippen LogP contribution in [-0.2, 0) is 19.5 Å². The van der Waals surface area contributed by atoms with E-state index < -0.39 is 22.0 Å². The van der Waals surface area contributed by atoms with Crippen molar-refractivity contribution in [1.82, 2.24) is 0 Å². The maximum absolute atomic E-state index is 13.1. The molecule has 0 aliphatic carbocycles. The van der Waals surface area contributed by atoms with Gasteiger partial charge in [-0.1, -0.05) is 25.5 Å². The maximum Gasteiger partial charge on any atom is 0.339 e. The molecule has 0 bridgehead atoms. The second-order valence-electron chi connectivity index (χ2n) is 7.22. The summed E-state index contributed by atoms with van der Waals surface area (Å²) in [7, 11) is -1.70. The largest absolute Gasteiger partial charge is 0.494 e. The fraction of sp³-hybridized carbons (Fsp3) is 0.250. The number of carbonyl (C=O) groups is 2. The third-order valence-corrected chi connectivity index (χ3v) is 6.31. The second kappa shape index (κ2) is 10.4. The monoisotopic (exact) mass is 471 g/mol. The van der Waals surface area contributed by atoms with Gasteiger partial charge in [0.25, 0.3) is 10.0 Å². The Balaban J connectivity index is 1.94. The van der Waals surface area contributed by atoms with Gasteiger partial charge in [-0.05, 0) is 59.7 Å². The Kier molecular flexibility index (Phi) is 7.55. The molecule has 0 saturated heterocycles. The van der Waals surface area contributed by atoms with Gasteiger partial charge in [-0.15, -0.1) is 0 Å². The highest BCUT2D eigenvalue weighted by molar-refractivity contribution is 7.92. The van der Waals surface area contributed by atoms with E-state index in [4.69, 9.17) is 9.47 Å². The molecule has 0 spiro atoms. The van der Waals surface area contributed by atoms with E-state index in [9.17, 15) is 18.0 Å². The Labute approximate surface area is 192 Å². The van der Waals surface area contributed by atoms with Crippen LogP contribution < -0.4 is 9.46 Å². The minimum absolute atomic E-state index is 0.00561. The van der Waals surface area contributed by atoms with Crippen molar-refractivity contribution in [3.8, 4) is 5.75 Å². The van der Waals surface area contributed by atoms with Crippen molar-refractivity contribution < 1.29 is 32.2 Å². The van der Waals surface area contributed by atoms with Crippen molar-refractivity contribution in [2.45, 2.75) is 24.7 Å². The number of sulfonamides is 1. The molecule has 9 heteroatoms. The fourth-order valence-electron chi connectivity index (χ4n) is 3.16. The van der Waals surface area contributed by atoms with Crippen LogP contribution in [0.2, 0.25) is 0 Å². The molecule has 0 fully saturated rings. The van der Waals surface area contributed by atoms with Crippen LogP contribution in [0.4, 0.5) is 5.69 Å². The molecule has 0 amide bonds. The predicted octanol–water partition coefficient (Wildman–Crippen LogP) is 4.39.